The van der Waals surface area contributed by atoms with Gasteiger partial charge in [-0.25, -0.2) is 0 Å². The van der Waals surface area contributed by atoms with Gasteiger partial charge in [-0.3, -0.25) is 4.79 Å². The summed E-state index contributed by atoms with van der Waals surface area (Å²) < 4.78 is 0. The minimum absolute atomic E-state index is 0.127. The molecule has 0 aliphatic carbocycles. The van der Waals surface area contributed by atoms with Crippen LogP contribution in [0.3, 0.4) is 0 Å². The van der Waals surface area contributed by atoms with Gasteiger partial charge in [-0.2, -0.15) is 0 Å². The number of amides is 1. The van der Waals surface area contributed by atoms with Crippen molar-refractivity contribution < 1.29 is 4.79 Å². The van der Waals surface area contributed by atoms with Gasteiger partial charge in [0.25, 0.3) is 5.91 Å². The summed E-state index contributed by atoms with van der Waals surface area (Å²) in [5.74, 6) is -0.127. The van der Waals surface area contributed by atoms with Gasteiger partial charge >= 0.3 is 0 Å². The van der Waals surface area contributed by atoms with Crippen LogP contribution in [0.1, 0.15) is 27.7 Å². The zero-order valence-electron chi connectivity index (χ0n) is 9.42. The lowest BCUT2D eigenvalue weighted by Gasteiger charge is -2.20. The second-order valence-corrected chi connectivity index (χ2v) is 4.11. The molecule has 0 aromatic rings. The molecule has 14 heavy (non-hydrogen) atoms. The molecule has 0 unspecified atom stereocenters. The van der Waals surface area contributed by atoms with Crippen LogP contribution >= 0.6 is 0 Å². The summed E-state index contributed by atoms with van der Waals surface area (Å²) in [6.07, 6.45) is 7.24. The van der Waals surface area contributed by atoms with Crippen molar-refractivity contribution in [3.8, 4) is 0 Å². The Bertz CT molecular complexity index is 267. The smallest absolute Gasteiger partial charge is 0.251 e. The Morgan fingerprint density at radius 1 is 1.29 bits per heavy atom. The van der Waals surface area contributed by atoms with Crippen molar-refractivity contribution in [2.75, 3.05) is 0 Å². The number of allylic oxidation sites excluding steroid dienone is 3. The first-order chi connectivity index (χ1) is 6.37. The summed E-state index contributed by atoms with van der Waals surface area (Å²) in [6.45, 7) is 11.4. The molecule has 0 aliphatic rings. The molecule has 0 bridgehead atoms. The van der Waals surface area contributed by atoms with E-state index in [1.54, 1.807) is 12.2 Å². The van der Waals surface area contributed by atoms with Gasteiger partial charge in [0.2, 0.25) is 0 Å². The third kappa shape index (κ3) is 6.23. The summed E-state index contributed by atoms with van der Waals surface area (Å²) in [6, 6.07) is 0. The van der Waals surface area contributed by atoms with E-state index in [0.29, 0.717) is 5.57 Å². The highest BCUT2D eigenvalue weighted by molar-refractivity contribution is 5.95. The van der Waals surface area contributed by atoms with E-state index in [9.17, 15) is 4.79 Å². The minimum atomic E-state index is -0.214. The summed E-state index contributed by atoms with van der Waals surface area (Å²) in [5, 5.41) is 2.83. The van der Waals surface area contributed by atoms with Gasteiger partial charge in [-0.05, 0) is 27.7 Å². The van der Waals surface area contributed by atoms with E-state index in [1.165, 1.54) is 0 Å². The van der Waals surface area contributed by atoms with Crippen LogP contribution in [-0.4, -0.2) is 11.4 Å². The number of carbonyl (C=O) groups excluding carboxylic acids is 1. The highest BCUT2D eigenvalue weighted by atomic mass is 16.1. The number of nitrogens with one attached hydrogen (secondary N) is 1. The van der Waals surface area contributed by atoms with E-state index < -0.39 is 0 Å². The largest absolute Gasteiger partial charge is 0.347 e. The average Bonchev–Trinajstić information content (AvgIpc) is 2.01. The van der Waals surface area contributed by atoms with E-state index in [1.807, 2.05) is 39.8 Å². The van der Waals surface area contributed by atoms with Crippen molar-refractivity contribution >= 4 is 5.91 Å². The lowest BCUT2D eigenvalue weighted by Crippen LogP contribution is -2.40. The molecule has 1 N–H and O–H groups in total. The topological polar surface area (TPSA) is 29.1 Å². The van der Waals surface area contributed by atoms with E-state index in [2.05, 4.69) is 11.9 Å². The van der Waals surface area contributed by atoms with Crippen molar-refractivity contribution in [2.45, 2.75) is 33.2 Å². The molecule has 0 rings (SSSR count). The van der Waals surface area contributed by atoms with Crippen LogP contribution in [0.4, 0.5) is 0 Å². The van der Waals surface area contributed by atoms with Crippen LogP contribution < -0.4 is 5.32 Å². The Morgan fingerprint density at radius 3 is 2.29 bits per heavy atom. The van der Waals surface area contributed by atoms with Gasteiger partial charge < -0.3 is 5.32 Å². The Balaban J connectivity index is 4.21. The zero-order valence-corrected chi connectivity index (χ0v) is 9.42. The molecule has 0 saturated carbocycles. The van der Waals surface area contributed by atoms with E-state index >= 15 is 0 Å². The number of hydrogen-bond donors (Lipinski definition) is 1. The first-order valence-electron chi connectivity index (χ1n) is 4.67. The molecule has 2 nitrogen and oxygen atoms in total. The molecule has 0 spiro atoms. The minimum Gasteiger partial charge on any atom is -0.347 e. The number of carbonyl (C=O) groups is 1. The van der Waals surface area contributed by atoms with Crippen LogP contribution in [0.5, 0.6) is 0 Å². The molecule has 0 heterocycles. The van der Waals surface area contributed by atoms with Crippen molar-refractivity contribution in [1.82, 2.24) is 5.32 Å². The van der Waals surface area contributed by atoms with Crippen molar-refractivity contribution in [3.63, 3.8) is 0 Å². The Hall–Kier alpha value is -1.31. The fraction of sp³-hybridized carbons (Fsp3) is 0.417. The van der Waals surface area contributed by atoms with Crippen LogP contribution in [-0.2, 0) is 4.79 Å². The standard InChI is InChI=1S/C12H19NO/c1-6-7-8-9-10(2)11(14)13-12(3,4)5/h6-9H,2H2,1,3-5H3,(H,13,14)/b7-6-,9-8-. The first kappa shape index (κ1) is 12.7. The molecule has 1 amide bonds. The molecule has 0 fully saturated rings. The van der Waals surface area contributed by atoms with Gasteiger partial charge in [-0.15, -0.1) is 0 Å². The van der Waals surface area contributed by atoms with Gasteiger partial charge in [0.05, 0.1) is 0 Å². The summed E-state index contributed by atoms with van der Waals surface area (Å²) in [5.41, 5.74) is 0.257. The van der Waals surface area contributed by atoms with E-state index in [0.717, 1.165) is 0 Å². The van der Waals surface area contributed by atoms with Crippen LogP contribution in [0.25, 0.3) is 0 Å². The molecule has 0 saturated heterocycles. The highest BCUT2D eigenvalue weighted by Gasteiger charge is 2.14. The quantitative estimate of drug-likeness (QED) is 0.541. The van der Waals surface area contributed by atoms with E-state index in [4.69, 9.17) is 0 Å². The zero-order chi connectivity index (χ0) is 11.2. The van der Waals surface area contributed by atoms with E-state index in [-0.39, 0.29) is 11.4 Å². The van der Waals surface area contributed by atoms with Gasteiger partial charge in [0, 0.05) is 11.1 Å². The molecule has 0 aliphatic heterocycles. The molecule has 0 aromatic heterocycles. The number of rotatable bonds is 3. The lowest BCUT2D eigenvalue weighted by molar-refractivity contribution is -0.118. The van der Waals surface area contributed by atoms with Crippen molar-refractivity contribution in [2.24, 2.45) is 0 Å². The molecule has 78 valence electrons. The third-order valence-electron chi connectivity index (χ3n) is 1.38. The number of hydrogen-bond acceptors (Lipinski definition) is 1. The average molecular weight is 193 g/mol. The Labute approximate surface area is 86.4 Å². The second kappa shape index (κ2) is 5.43. The van der Waals surface area contributed by atoms with Crippen molar-refractivity contribution in [1.29, 1.82) is 0 Å². The molecule has 0 aromatic carbocycles. The molecular formula is C12H19NO. The van der Waals surface area contributed by atoms with Crippen LogP contribution in [0.2, 0.25) is 0 Å². The molecule has 0 radical (unpaired) electrons. The van der Waals surface area contributed by atoms with Crippen LogP contribution in [0, 0.1) is 0 Å². The normalized spacial score (nSPS) is 12.3. The Morgan fingerprint density at radius 2 is 1.86 bits per heavy atom. The second-order valence-electron chi connectivity index (χ2n) is 4.11. The van der Waals surface area contributed by atoms with Gasteiger partial charge in [0.15, 0.2) is 0 Å². The molecule has 2 heteroatoms. The maximum atomic E-state index is 11.5. The first-order valence-corrected chi connectivity index (χ1v) is 4.67. The van der Waals surface area contributed by atoms with Gasteiger partial charge in [0.1, 0.15) is 0 Å². The fourth-order valence-corrected chi connectivity index (χ4v) is 0.779. The molecular weight excluding hydrogens is 174 g/mol. The predicted molar refractivity (Wildman–Crippen MR) is 61.0 cm³/mol. The fourth-order valence-electron chi connectivity index (χ4n) is 0.779. The van der Waals surface area contributed by atoms with Crippen molar-refractivity contribution in [3.05, 3.63) is 36.5 Å². The summed E-state index contributed by atoms with van der Waals surface area (Å²) >= 11 is 0. The van der Waals surface area contributed by atoms with Crippen LogP contribution in [0.15, 0.2) is 36.5 Å². The third-order valence-corrected chi connectivity index (χ3v) is 1.38. The monoisotopic (exact) mass is 193 g/mol. The summed E-state index contributed by atoms with van der Waals surface area (Å²) in [4.78, 5) is 11.5. The lowest BCUT2D eigenvalue weighted by atomic mass is 10.1. The summed E-state index contributed by atoms with van der Waals surface area (Å²) in [7, 11) is 0. The van der Waals surface area contributed by atoms with Gasteiger partial charge in [-0.1, -0.05) is 30.9 Å². The maximum absolute atomic E-state index is 11.5. The predicted octanol–water partition coefficient (Wildman–Crippen LogP) is 2.59. The SMILES string of the molecule is C=C(/C=C\C=C/C)C(=O)NC(C)(C)C. The highest BCUT2D eigenvalue weighted by Crippen LogP contribution is 2.02. The maximum Gasteiger partial charge on any atom is 0.251 e. The Kier molecular flexibility index (Phi) is 4.92. The molecule has 0 atom stereocenters.